The second kappa shape index (κ2) is 6.47. The number of amides is 1. The highest BCUT2D eigenvalue weighted by molar-refractivity contribution is 6.11. The summed E-state index contributed by atoms with van der Waals surface area (Å²) in [5.74, 6) is 0.119. The predicted molar refractivity (Wildman–Crippen MR) is 113 cm³/mol. The number of aromatic amines is 1. The number of para-hydroxylation sites is 2. The zero-order valence-electron chi connectivity index (χ0n) is 16.5. The molecule has 3 heterocycles. The van der Waals surface area contributed by atoms with Crippen molar-refractivity contribution in [2.45, 2.75) is 25.8 Å². The van der Waals surface area contributed by atoms with Gasteiger partial charge < -0.3 is 4.98 Å². The summed E-state index contributed by atoms with van der Waals surface area (Å²) >= 11 is 0. The molecule has 28 heavy (non-hydrogen) atoms. The van der Waals surface area contributed by atoms with E-state index in [-0.39, 0.29) is 5.91 Å². The van der Waals surface area contributed by atoms with E-state index >= 15 is 0 Å². The number of aromatic nitrogens is 1. The fourth-order valence-electron chi connectivity index (χ4n) is 4.87. The molecule has 144 valence electrons. The first-order chi connectivity index (χ1) is 13.7. The summed E-state index contributed by atoms with van der Waals surface area (Å²) in [6.45, 7) is 7.51. The Hall–Kier alpha value is -2.63. The van der Waals surface area contributed by atoms with Crippen molar-refractivity contribution in [1.82, 2.24) is 15.2 Å². The lowest BCUT2D eigenvalue weighted by Gasteiger charge is -2.35. The molecule has 1 amide bonds. The largest absolute Gasteiger partial charge is 0.356 e. The highest BCUT2D eigenvalue weighted by atomic mass is 16.2. The average Bonchev–Trinajstić information content (AvgIpc) is 3.23. The van der Waals surface area contributed by atoms with Gasteiger partial charge in [-0.25, -0.2) is 0 Å². The number of carbonyl (C=O) groups excluding carboxylic acids is 1. The van der Waals surface area contributed by atoms with Crippen LogP contribution in [0.15, 0.2) is 48.5 Å². The molecule has 0 radical (unpaired) electrons. The fraction of sp³-hybridized carbons (Fsp3) is 0.348. The quantitative estimate of drug-likeness (QED) is 0.737. The van der Waals surface area contributed by atoms with E-state index in [1.165, 1.54) is 10.9 Å². The van der Waals surface area contributed by atoms with E-state index in [4.69, 9.17) is 0 Å². The number of carbonyl (C=O) groups is 1. The summed E-state index contributed by atoms with van der Waals surface area (Å²) in [6, 6.07) is 16.6. The maximum absolute atomic E-state index is 14.0. The van der Waals surface area contributed by atoms with Gasteiger partial charge in [0.05, 0.1) is 18.1 Å². The number of H-pyrrole nitrogens is 1. The predicted octanol–water partition coefficient (Wildman–Crippen LogP) is 3.20. The SMILES string of the molecule is CCN(CC)CN1C(=O)C2(NCCc3c2[nH]c2ccccc32)c2ccccc21. The van der Waals surface area contributed by atoms with Crippen LogP contribution in [0.3, 0.4) is 0 Å². The van der Waals surface area contributed by atoms with Crippen LogP contribution >= 0.6 is 0 Å². The van der Waals surface area contributed by atoms with Gasteiger partial charge in [-0.1, -0.05) is 50.2 Å². The first-order valence-corrected chi connectivity index (χ1v) is 10.2. The van der Waals surface area contributed by atoms with Crippen LogP contribution in [0.25, 0.3) is 10.9 Å². The molecular formula is C23H26N4O. The Bertz CT molecular complexity index is 1050. The van der Waals surface area contributed by atoms with Crippen LogP contribution in [0.4, 0.5) is 5.69 Å². The zero-order chi connectivity index (χ0) is 19.3. The van der Waals surface area contributed by atoms with Gasteiger partial charge in [-0.3, -0.25) is 19.9 Å². The summed E-state index contributed by atoms with van der Waals surface area (Å²) in [5, 5.41) is 4.84. The van der Waals surface area contributed by atoms with E-state index in [1.54, 1.807) is 0 Å². The Labute approximate surface area is 165 Å². The minimum atomic E-state index is -0.823. The highest BCUT2D eigenvalue weighted by Crippen LogP contribution is 2.47. The van der Waals surface area contributed by atoms with Crippen LogP contribution in [0, 0.1) is 0 Å². The molecule has 1 atom stereocenters. The van der Waals surface area contributed by atoms with E-state index in [0.717, 1.165) is 48.5 Å². The van der Waals surface area contributed by atoms with Gasteiger partial charge in [0.15, 0.2) is 5.54 Å². The molecule has 5 nitrogen and oxygen atoms in total. The number of hydrogen-bond donors (Lipinski definition) is 2. The molecule has 1 spiro atoms. The van der Waals surface area contributed by atoms with Crippen molar-refractivity contribution in [2.24, 2.45) is 0 Å². The third kappa shape index (κ3) is 2.23. The van der Waals surface area contributed by atoms with Crippen molar-refractivity contribution in [2.75, 3.05) is 31.2 Å². The second-order valence-electron chi connectivity index (χ2n) is 7.65. The molecule has 2 aromatic carbocycles. The van der Waals surface area contributed by atoms with E-state index in [1.807, 2.05) is 23.1 Å². The van der Waals surface area contributed by atoms with E-state index in [9.17, 15) is 4.79 Å². The summed E-state index contributed by atoms with van der Waals surface area (Å²) in [6.07, 6.45) is 0.923. The van der Waals surface area contributed by atoms with Gasteiger partial charge in [-0.2, -0.15) is 0 Å². The molecule has 5 rings (SSSR count). The molecule has 0 fully saturated rings. The number of rotatable bonds is 4. The van der Waals surface area contributed by atoms with Crippen LogP contribution in [-0.2, 0) is 16.8 Å². The van der Waals surface area contributed by atoms with Gasteiger partial charge in [0.25, 0.3) is 5.91 Å². The number of benzene rings is 2. The summed E-state index contributed by atoms with van der Waals surface area (Å²) in [4.78, 5) is 21.8. The summed E-state index contributed by atoms with van der Waals surface area (Å²) < 4.78 is 0. The number of nitrogens with one attached hydrogen (secondary N) is 2. The Morgan fingerprint density at radius 1 is 1.07 bits per heavy atom. The van der Waals surface area contributed by atoms with E-state index in [2.05, 4.69) is 59.4 Å². The molecule has 1 aromatic heterocycles. The van der Waals surface area contributed by atoms with Crippen molar-refractivity contribution < 1.29 is 4.79 Å². The Kier molecular flexibility index (Phi) is 4.03. The van der Waals surface area contributed by atoms with E-state index in [0.29, 0.717) is 6.67 Å². The summed E-state index contributed by atoms with van der Waals surface area (Å²) in [7, 11) is 0. The van der Waals surface area contributed by atoms with E-state index < -0.39 is 5.54 Å². The number of anilines is 1. The fourth-order valence-corrected chi connectivity index (χ4v) is 4.87. The first kappa shape index (κ1) is 17.5. The van der Waals surface area contributed by atoms with Gasteiger partial charge >= 0.3 is 0 Å². The number of hydrogen-bond acceptors (Lipinski definition) is 3. The Morgan fingerprint density at radius 2 is 1.82 bits per heavy atom. The minimum absolute atomic E-state index is 0.119. The molecule has 0 bridgehead atoms. The molecule has 2 aliphatic heterocycles. The lowest BCUT2D eigenvalue weighted by molar-refractivity contribution is -0.123. The lowest BCUT2D eigenvalue weighted by atomic mass is 9.82. The van der Waals surface area contributed by atoms with Crippen LogP contribution in [-0.4, -0.2) is 42.1 Å². The standard InChI is InChI=1S/C23H26N4O/c1-3-26(4-2)15-27-20-12-8-6-10-18(20)23(22(27)28)21-17(13-14-24-23)16-9-5-7-11-19(16)25-21/h5-12,24-25H,3-4,13-15H2,1-2H3. The minimum Gasteiger partial charge on any atom is -0.356 e. The topological polar surface area (TPSA) is 51.4 Å². The van der Waals surface area contributed by atoms with Crippen molar-refractivity contribution in [1.29, 1.82) is 0 Å². The molecule has 3 aromatic rings. The van der Waals surface area contributed by atoms with Crippen molar-refractivity contribution >= 4 is 22.5 Å². The monoisotopic (exact) mass is 374 g/mol. The van der Waals surface area contributed by atoms with Crippen LogP contribution in [0.1, 0.15) is 30.7 Å². The molecule has 1 unspecified atom stereocenters. The van der Waals surface area contributed by atoms with Gasteiger partial charge in [-0.05, 0) is 37.2 Å². The van der Waals surface area contributed by atoms with Gasteiger partial charge in [-0.15, -0.1) is 0 Å². The molecule has 0 saturated carbocycles. The normalized spacial score (nSPS) is 21.0. The van der Waals surface area contributed by atoms with Gasteiger partial charge in [0.2, 0.25) is 0 Å². The zero-order valence-corrected chi connectivity index (χ0v) is 16.5. The molecular weight excluding hydrogens is 348 g/mol. The molecule has 0 aliphatic carbocycles. The Balaban J connectivity index is 1.72. The third-order valence-corrected chi connectivity index (χ3v) is 6.35. The van der Waals surface area contributed by atoms with Crippen LogP contribution in [0.2, 0.25) is 0 Å². The average molecular weight is 374 g/mol. The Morgan fingerprint density at radius 3 is 2.64 bits per heavy atom. The molecule has 2 aliphatic rings. The molecule has 5 heteroatoms. The maximum atomic E-state index is 14.0. The van der Waals surface area contributed by atoms with Crippen molar-refractivity contribution in [3.63, 3.8) is 0 Å². The third-order valence-electron chi connectivity index (χ3n) is 6.35. The lowest BCUT2D eigenvalue weighted by Crippen LogP contribution is -2.56. The van der Waals surface area contributed by atoms with Gasteiger partial charge in [0, 0.05) is 23.0 Å². The smallest absolute Gasteiger partial charge is 0.259 e. The first-order valence-electron chi connectivity index (χ1n) is 10.2. The van der Waals surface area contributed by atoms with Crippen LogP contribution in [0.5, 0.6) is 0 Å². The van der Waals surface area contributed by atoms with Gasteiger partial charge in [0.1, 0.15) is 0 Å². The number of fused-ring (bicyclic) bond motifs is 6. The maximum Gasteiger partial charge on any atom is 0.259 e. The molecule has 2 N–H and O–H groups in total. The number of nitrogens with zero attached hydrogens (tertiary/aromatic N) is 2. The van der Waals surface area contributed by atoms with Crippen LogP contribution < -0.4 is 10.2 Å². The van der Waals surface area contributed by atoms with Crippen molar-refractivity contribution in [3.8, 4) is 0 Å². The second-order valence-corrected chi connectivity index (χ2v) is 7.65. The van der Waals surface area contributed by atoms with Crippen molar-refractivity contribution in [3.05, 3.63) is 65.4 Å². The highest BCUT2D eigenvalue weighted by Gasteiger charge is 2.55. The molecule has 0 saturated heterocycles. The summed E-state index contributed by atoms with van der Waals surface area (Å²) in [5.41, 5.74) is 4.62.